The summed E-state index contributed by atoms with van der Waals surface area (Å²) in [7, 11) is 1.69. The standard InChI is InChI=1S/C23H30FN5O3/c1-12(25-4)22(31)27-13(2)23(32)28-8-7-20-21(28)18(11-29(20)14(3)30)17-10-26-19-9-15(24)5-6-16(17)19/h5-6,9-10,12-13,18,20-21,25-26H,7-8,11H2,1-4H3,(H,27,31)/t12-,13-,18+,20+,21+/m0/s1. The van der Waals surface area contributed by atoms with Gasteiger partial charge in [0.05, 0.1) is 18.1 Å². The number of aromatic amines is 1. The molecule has 0 saturated carbocycles. The van der Waals surface area contributed by atoms with Crippen LogP contribution in [0.15, 0.2) is 24.4 Å². The molecule has 3 heterocycles. The van der Waals surface area contributed by atoms with Crippen LogP contribution in [0.4, 0.5) is 4.39 Å². The zero-order chi connectivity index (χ0) is 23.2. The summed E-state index contributed by atoms with van der Waals surface area (Å²) in [5.41, 5.74) is 1.66. The van der Waals surface area contributed by atoms with E-state index in [0.29, 0.717) is 25.0 Å². The van der Waals surface area contributed by atoms with Crippen molar-refractivity contribution in [2.24, 2.45) is 0 Å². The third kappa shape index (κ3) is 3.74. The molecule has 172 valence electrons. The van der Waals surface area contributed by atoms with Crippen LogP contribution in [0.5, 0.6) is 0 Å². The SMILES string of the molecule is CN[C@@H](C)C(=O)N[C@@H](C)C(=O)N1CC[C@@H]2[C@H]1[C@@H](c1c[nH]c3cc(F)ccc13)CN2C(C)=O. The third-order valence-electron chi connectivity index (χ3n) is 6.94. The topological polar surface area (TPSA) is 97.5 Å². The summed E-state index contributed by atoms with van der Waals surface area (Å²) in [4.78, 5) is 44.8. The molecule has 0 aliphatic carbocycles. The van der Waals surface area contributed by atoms with Crippen molar-refractivity contribution < 1.29 is 18.8 Å². The highest BCUT2D eigenvalue weighted by molar-refractivity contribution is 5.90. The minimum Gasteiger partial charge on any atom is -0.361 e. The first kappa shape index (κ1) is 22.3. The monoisotopic (exact) mass is 443 g/mol. The van der Waals surface area contributed by atoms with Gasteiger partial charge in [-0.1, -0.05) is 0 Å². The lowest BCUT2D eigenvalue weighted by atomic mass is 9.91. The number of halogens is 1. The van der Waals surface area contributed by atoms with Crippen LogP contribution >= 0.6 is 0 Å². The number of rotatable bonds is 5. The number of benzene rings is 1. The zero-order valence-corrected chi connectivity index (χ0v) is 18.8. The second-order valence-electron chi connectivity index (χ2n) is 8.83. The summed E-state index contributed by atoms with van der Waals surface area (Å²) in [5.74, 6) is -0.842. The van der Waals surface area contributed by atoms with Gasteiger partial charge in [0.1, 0.15) is 11.9 Å². The van der Waals surface area contributed by atoms with E-state index in [-0.39, 0.29) is 41.5 Å². The molecular formula is C23H30FN5O3. The minimum absolute atomic E-state index is 0.0214. The Hall–Kier alpha value is -2.94. The molecule has 2 aliphatic rings. The summed E-state index contributed by atoms with van der Waals surface area (Å²) >= 11 is 0. The highest BCUT2D eigenvalue weighted by Gasteiger charge is 2.52. The van der Waals surface area contributed by atoms with Gasteiger partial charge in [0.25, 0.3) is 0 Å². The quantitative estimate of drug-likeness (QED) is 0.650. The lowest BCUT2D eigenvalue weighted by Crippen LogP contribution is -2.53. The van der Waals surface area contributed by atoms with Crippen molar-refractivity contribution in [1.29, 1.82) is 0 Å². The van der Waals surface area contributed by atoms with Crippen molar-refractivity contribution in [3.05, 3.63) is 35.8 Å². The number of carbonyl (C=O) groups excluding carboxylic acids is 3. The number of carbonyl (C=O) groups is 3. The van der Waals surface area contributed by atoms with Crippen molar-refractivity contribution in [1.82, 2.24) is 25.4 Å². The molecule has 3 N–H and O–H groups in total. The highest BCUT2D eigenvalue weighted by atomic mass is 19.1. The van der Waals surface area contributed by atoms with E-state index < -0.39 is 12.1 Å². The Kier molecular flexibility index (Phi) is 5.94. The molecule has 0 spiro atoms. The van der Waals surface area contributed by atoms with Crippen LogP contribution in [-0.4, -0.2) is 76.8 Å². The molecule has 0 unspecified atom stereocenters. The van der Waals surface area contributed by atoms with E-state index in [2.05, 4.69) is 15.6 Å². The summed E-state index contributed by atoms with van der Waals surface area (Å²) in [5, 5.41) is 6.55. The summed E-state index contributed by atoms with van der Waals surface area (Å²) in [6, 6.07) is 3.25. The average Bonchev–Trinajstić information content (AvgIpc) is 3.45. The van der Waals surface area contributed by atoms with Gasteiger partial charge in [0.2, 0.25) is 17.7 Å². The number of aromatic nitrogens is 1. The molecule has 32 heavy (non-hydrogen) atoms. The van der Waals surface area contributed by atoms with Crippen LogP contribution in [-0.2, 0) is 14.4 Å². The van der Waals surface area contributed by atoms with Gasteiger partial charge in [-0.15, -0.1) is 0 Å². The van der Waals surface area contributed by atoms with Gasteiger partial charge < -0.3 is 25.4 Å². The molecule has 1 aromatic carbocycles. The van der Waals surface area contributed by atoms with E-state index in [4.69, 9.17) is 0 Å². The summed E-state index contributed by atoms with van der Waals surface area (Å²) in [6.45, 7) is 5.99. The van der Waals surface area contributed by atoms with Crippen LogP contribution in [0.3, 0.4) is 0 Å². The van der Waals surface area contributed by atoms with Gasteiger partial charge in [0, 0.05) is 43.0 Å². The number of likely N-dealkylation sites (N-methyl/N-ethyl adjacent to an activating group) is 1. The normalized spacial score (nSPS) is 24.5. The minimum atomic E-state index is -0.679. The number of fused-ring (bicyclic) bond motifs is 2. The van der Waals surface area contributed by atoms with Gasteiger partial charge in [-0.25, -0.2) is 4.39 Å². The van der Waals surface area contributed by atoms with Crippen LogP contribution in [0.2, 0.25) is 0 Å². The maximum Gasteiger partial charge on any atom is 0.245 e. The Bertz CT molecular complexity index is 1050. The van der Waals surface area contributed by atoms with E-state index >= 15 is 0 Å². The molecule has 9 heteroatoms. The average molecular weight is 444 g/mol. The van der Waals surface area contributed by atoms with E-state index in [1.807, 2.05) is 16.0 Å². The Morgan fingerprint density at radius 3 is 2.62 bits per heavy atom. The van der Waals surface area contributed by atoms with Gasteiger partial charge in [-0.2, -0.15) is 0 Å². The Morgan fingerprint density at radius 2 is 1.94 bits per heavy atom. The number of hydrogen-bond donors (Lipinski definition) is 3. The molecule has 5 atom stereocenters. The van der Waals surface area contributed by atoms with Crippen molar-refractivity contribution in [2.75, 3.05) is 20.1 Å². The lowest BCUT2D eigenvalue weighted by molar-refractivity contribution is -0.137. The van der Waals surface area contributed by atoms with Crippen LogP contribution in [0.1, 0.15) is 38.7 Å². The first-order valence-corrected chi connectivity index (χ1v) is 11.0. The number of H-pyrrole nitrogens is 1. The van der Waals surface area contributed by atoms with E-state index in [9.17, 15) is 18.8 Å². The second-order valence-corrected chi connectivity index (χ2v) is 8.83. The summed E-state index contributed by atoms with van der Waals surface area (Å²) < 4.78 is 13.7. The third-order valence-corrected chi connectivity index (χ3v) is 6.94. The van der Waals surface area contributed by atoms with Crippen molar-refractivity contribution in [2.45, 2.75) is 57.3 Å². The first-order valence-electron chi connectivity index (χ1n) is 11.0. The number of likely N-dealkylation sites (tertiary alicyclic amines) is 2. The van der Waals surface area contributed by atoms with Crippen LogP contribution in [0.25, 0.3) is 10.9 Å². The first-order chi connectivity index (χ1) is 15.2. The second kappa shape index (κ2) is 8.54. The molecule has 4 rings (SSSR count). The van der Waals surface area contributed by atoms with E-state index in [1.54, 1.807) is 33.9 Å². The summed E-state index contributed by atoms with van der Waals surface area (Å²) in [6.07, 6.45) is 2.55. The predicted molar refractivity (Wildman–Crippen MR) is 118 cm³/mol. The molecule has 2 fully saturated rings. The maximum atomic E-state index is 13.7. The fraction of sp³-hybridized carbons (Fsp3) is 0.522. The maximum absolute atomic E-state index is 13.7. The smallest absolute Gasteiger partial charge is 0.245 e. The van der Waals surface area contributed by atoms with Gasteiger partial charge in [-0.05, 0) is 51.1 Å². The number of amides is 3. The van der Waals surface area contributed by atoms with E-state index in [0.717, 1.165) is 10.9 Å². The van der Waals surface area contributed by atoms with Gasteiger partial charge in [-0.3, -0.25) is 14.4 Å². The molecule has 0 bridgehead atoms. The molecule has 2 aromatic rings. The highest BCUT2D eigenvalue weighted by Crippen LogP contribution is 2.43. The zero-order valence-electron chi connectivity index (χ0n) is 18.8. The van der Waals surface area contributed by atoms with Crippen molar-refractivity contribution in [3.63, 3.8) is 0 Å². The largest absolute Gasteiger partial charge is 0.361 e. The lowest BCUT2D eigenvalue weighted by Gasteiger charge is -2.31. The number of nitrogens with zero attached hydrogens (tertiary/aromatic N) is 2. The Morgan fingerprint density at radius 1 is 1.19 bits per heavy atom. The number of hydrogen-bond acceptors (Lipinski definition) is 4. The molecule has 0 radical (unpaired) electrons. The molecular weight excluding hydrogens is 413 g/mol. The van der Waals surface area contributed by atoms with E-state index in [1.165, 1.54) is 12.1 Å². The molecule has 2 saturated heterocycles. The Labute approximate surface area is 186 Å². The molecule has 3 amide bonds. The van der Waals surface area contributed by atoms with Crippen molar-refractivity contribution >= 4 is 28.6 Å². The van der Waals surface area contributed by atoms with Crippen molar-refractivity contribution in [3.8, 4) is 0 Å². The fourth-order valence-corrected chi connectivity index (χ4v) is 5.19. The number of nitrogens with one attached hydrogen (secondary N) is 3. The van der Waals surface area contributed by atoms with Crippen LogP contribution < -0.4 is 10.6 Å². The fourth-order valence-electron chi connectivity index (χ4n) is 5.19. The molecule has 8 nitrogen and oxygen atoms in total. The van der Waals surface area contributed by atoms with Gasteiger partial charge in [0.15, 0.2) is 0 Å². The predicted octanol–water partition coefficient (Wildman–Crippen LogP) is 1.33. The van der Waals surface area contributed by atoms with Gasteiger partial charge >= 0.3 is 0 Å². The van der Waals surface area contributed by atoms with Crippen LogP contribution in [0, 0.1) is 5.82 Å². The molecule has 2 aliphatic heterocycles. The molecule has 1 aromatic heterocycles. The Balaban J connectivity index is 1.64.